The maximum atomic E-state index is 12.1. The van der Waals surface area contributed by atoms with Crippen molar-refractivity contribution in [1.29, 1.82) is 0 Å². The van der Waals surface area contributed by atoms with E-state index >= 15 is 0 Å². The molecule has 0 unspecified atom stereocenters. The molecule has 7 heteroatoms. The number of aliphatic hydroxyl groups excluding tert-OH is 1. The van der Waals surface area contributed by atoms with Crippen LogP contribution in [-0.2, 0) is 10.0 Å². The number of nitrogen functional groups attached to an aromatic ring is 1. The molecule has 0 bridgehead atoms. The normalized spacial score (nSPS) is 13.8. The first-order chi connectivity index (χ1) is 8.27. The second-order valence-corrected chi connectivity index (χ2v) is 6.46. The largest absolute Gasteiger partial charge is 0.398 e. The monoisotopic (exact) mass is 292 g/mol. The zero-order chi connectivity index (χ0) is 13.9. The van der Waals surface area contributed by atoms with E-state index in [1.54, 1.807) is 0 Å². The van der Waals surface area contributed by atoms with Crippen LogP contribution < -0.4 is 10.5 Å². The van der Waals surface area contributed by atoms with Gasteiger partial charge in [-0.2, -0.15) is 0 Å². The van der Waals surface area contributed by atoms with Crippen molar-refractivity contribution in [1.82, 2.24) is 4.72 Å². The molecule has 1 atom stereocenters. The zero-order valence-electron chi connectivity index (χ0n) is 10.2. The van der Waals surface area contributed by atoms with Gasteiger partial charge in [0.1, 0.15) is 4.90 Å². The number of anilines is 1. The SMILES string of the molecule is CC(C)[C@@H](CO)NS(=O)(=O)c1ccc(Cl)cc1N. The minimum Gasteiger partial charge on any atom is -0.398 e. The summed E-state index contributed by atoms with van der Waals surface area (Å²) in [5.74, 6) is -0.0294. The maximum Gasteiger partial charge on any atom is 0.242 e. The third-order valence-corrected chi connectivity index (χ3v) is 4.37. The van der Waals surface area contributed by atoms with E-state index < -0.39 is 16.1 Å². The molecule has 0 aliphatic carbocycles. The van der Waals surface area contributed by atoms with Gasteiger partial charge in [0.15, 0.2) is 0 Å². The van der Waals surface area contributed by atoms with Gasteiger partial charge in [-0.05, 0) is 24.1 Å². The zero-order valence-corrected chi connectivity index (χ0v) is 11.8. The molecule has 0 heterocycles. The number of aliphatic hydroxyl groups is 1. The first-order valence-electron chi connectivity index (χ1n) is 5.46. The standard InChI is InChI=1S/C11H17ClN2O3S/c1-7(2)10(6-15)14-18(16,17)11-4-3-8(12)5-9(11)13/h3-5,7,10,14-15H,6,13H2,1-2H3/t10-/m1/s1. The van der Waals surface area contributed by atoms with Crippen LogP contribution in [0, 0.1) is 5.92 Å². The van der Waals surface area contributed by atoms with Crippen LogP contribution in [0.1, 0.15) is 13.8 Å². The Kier molecular flexibility index (Phi) is 4.98. The van der Waals surface area contributed by atoms with E-state index in [4.69, 9.17) is 22.4 Å². The van der Waals surface area contributed by atoms with Gasteiger partial charge in [-0.1, -0.05) is 25.4 Å². The van der Waals surface area contributed by atoms with Gasteiger partial charge >= 0.3 is 0 Å². The predicted molar refractivity (Wildman–Crippen MR) is 71.9 cm³/mol. The Balaban J connectivity index is 3.06. The van der Waals surface area contributed by atoms with E-state index in [-0.39, 0.29) is 23.1 Å². The van der Waals surface area contributed by atoms with Crippen molar-refractivity contribution >= 4 is 27.3 Å². The summed E-state index contributed by atoms with van der Waals surface area (Å²) in [5, 5.41) is 9.51. The van der Waals surface area contributed by atoms with Crippen molar-refractivity contribution in [3.05, 3.63) is 23.2 Å². The fraction of sp³-hybridized carbons (Fsp3) is 0.455. The predicted octanol–water partition coefficient (Wildman–Crippen LogP) is 1.22. The van der Waals surface area contributed by atoms with Crippen LogP contribution in [0.5, 0.6) is 0 Å². The fourth-order valence-corrected chi connectivity index (χ4v) is 3.08. The van der Waals surface area contributed by atoms with Gasteiger partial charge in [0.2, 0.25) is 10.0 Å². The van der Waals surface area contributed by atoms with Crippen molar-refractivity contribution in [2.75, 3.05) is 12.3 Å². The molecule has 18 heavy (non-hydrogen) atoms. The lowest BCUT2D eigenvalue weighted by molar-refractivity contribution is 0.227. The molecule has 0 saturated carbocycles. The Labute approximate surface area is 112 Å². The fourth-order valence-electron chi connectivity index (χ4n) is 1.41. The summed E-state index contributed by atoms with van der Waals surface area (Å²) >= 11 is 5.72. The van der Waals surface area contributed by atoms with Gasteiger partial charge in [-0.3, -0.25) is 0 Å². The summed E-state index contributed by atoms with van der Waals surface area (Å²) < 4.78 is 26.6. The Morgan fingerprint density at radius 1 is 1.44 bits per heavy atom. The molecule has 1 rings (SSSR count). The first-order valence-corrected chi connectivity index (χ1v) is 7.32. The molecule has 1 aromatic carbocycles. The smallest absolute Gasteiger partial charge is 0.242 e. The Hall–Kier alpha value is -0.820. The maximum absolute atomic E-state index is 12.1. The average Bonchev–Trinajstić information content (AvgIpc) is 2.24. The molecule has 0 saturated heterocycles. The van der Waals surface area contributed by atoms with Crippen LogP contribution in [0.4, 0.5) is 5.69 Å². The van der Waals surface area contributed by atoms with E-state index in [1.807, 2.05) is 13.8 Å². The summed E-state index contributed by atoms with van der Waals surface area (Å²) in [5.41, 5.74) is 5.71. The minimum absolute atomic E-state index is 0.0294. The highest BCUT2D eigenvalue weighted by atomic mass is 35.5. The first kappa shape index (κ1) is 15.2. The summed E-state index contributed by atoms with van der Waals surface area (Å²) in [6.07, 6.45) is 0. The molecule has 0 radical (unpaired) electrons. The van der Waals surface area contributed by atoms with Gasteiger partial charge < -0.3 is 10.8 Å². The summed E-state index contributed by atoms with van der Waals surface area (Å²) in [6, 6.07) is 3.62. The number of benzene rings is 1. The quantitative estimate of drug-likeness (QED) is 0.712. The van der Waals surface area contributed by atoms with Crippen LogP contribution in [-0.4, -0.2) is 26.2 Å². The van der Waals surface area contributed by atoms with Crippen molar-refractivity contribution in [3.8, 4) is 0 Å². The number of nitrogens with one attached hydrogen (secondary N) is 1. The van der Waals surface area contributed by atoms with Crippen molar-refractivity contribution < 1.29 is 13.5 Å². The van der Waals surface area contributed by atoms with E-state index in [2.05, 4.69) is 4.72 Å². The lowest BCUT2D eigenvalue weighted by Gasteiger charge is -2.20. The summed E-state index contributed by atoms with van der Waals surface area (Å²) in [4.78, 5) is -0.0361. The number of nitrogens with two attached hydrogens (primary N) is 1. The second-order valence-electron chi connectivity index (χ2n) is 4.34. The molecule has 0 spiro atoms. The van der Waals surface area contributed by atoms with Gasteiger partial charge in [-0.15, -0.1) is 0 Å². The Morgan fingerprint density at radius 3 is 2.50 bits per heavy atom. The van der Waals surface area contributed by atoms with Gasteiger partial charge in [0.05, 0.1) is 12.3 Å². The van der Waals surface area contributed by atoms with Gasteiger partial charge in [0, 0.05) is 11.1 Å². The minimum atomic E-state index is -3.76. The van der Waals surface area contributed by atoms with Crippen LogP contribution in [0.25, 0.3) is 0 Å². The molecular weight excluding hydrogens is 276 g/mol. The van der Waals surface area contributed by atoms with Gasteiger partial charge in [0.25, 0.3) is 0 Å². The van der Waals surface area contributed by atoms with E-state index in [1.165, 1.54) is 18.2 Å². The molecule has 0 fully saturated rings. The van der Waals surface area contributed by atoms with E-state index in [0.717, 1.165) is 0 Å². The van der Waals surface area contributed by atoms with Crippen LogP contribution in [0.2, 0.25) is 5.02 Å². The molecule has 1 aromatic rings. The molecule has 5 nitrogen and oxygen atoms in total. The average molecular weight is 293 g/mol. The molecule has 4 N–H and O–H groups in total. The molecular formula is C11H17ClN2O3S. The molecule has 0 aliphatic heterocycles. The Bertz CT molecular complexity index is 517. The highest BCUT2D eigenvalue weighted by Crippen LogP contribution is 2.22. The summed E-state index contributed by atoms with van der Waals surface area (Å²) in [7, 11) is -3.76. The number of sulfonamides is 1. The lowest BCUT2D eigenvalue weighted by Crippen LogP contribution is -2.41. The lowest BCUT2D eigenvalue weighted by atomic mass is 10.1. The Morgan fingerprint density at radius 2 is 2.06 bits per heavy atom. The van der Waals surface area contributed by atoms with Crippen molar-refractivity contribution in [2.45, 2.75) is 24.8 Å². The third-order valence-electron chi connectivity index (χ3n) is 2.57. The van der Waals surface area contributed by atoms with Crippen LogP contribution in [0.15, 0.2) is 23.1 Å². The van der Waals surface area contributed by atoms with Crippen LogP contribution in [0.3, 0.4) is 0 Å². The topological polar surface area (TPSA) is 92.4 Å². The van der Waals surface area contributed by atoms with E-state index in [9.17, 15) is 8.42 Å². The molecule has 102 valence electrons. The highest BCUT2D eigenvalue weighted by molar-refractivity contribution is 7.89. The highest BCUT2D eigenvalue weighted by Gasteiger charge is 2.23. The van der Waals surface area contributed by atoms with Gasteiger partial charge in [-0.25, -0.2) is 13.1 Å². The van der Waals surface area contributed by atoms with Crippen molar-refractivity contribution in [3.63, 3.8) is 0 Å². The van der Waals surface area contributed by atoms with E-state index in [0.29, 0.717) is 5.02 Å². The number of halogens is 1. The van der Waals surface area contributed by atoms with Crippen molar-refractivity contribution in [2.24, 2.45) is 5.92 Å². The molecule has 0 amide bonds. The number of rotatable bonds is 5. The molecule has 0 aliphatic rings. The number of hydrogen-bond acceptors (Lipinski definition) is 4. The molecule has 0 aromatic heterocycles. The summed E-state index contributed by atoms with van der Waals surface area (Å²) in [6.45, 7) is 3.35. The van der Waals surface area contributed by atoms with Crippen LogP contribution >= 0.6 is 11.6 Å². The second kappa shape index (κ2) is 5.88. The third kappa shape index (κ3) is 3.58. The number of hydrogen-bond donors (Lipinski definition) is 3.